The fourth-order valence-electron chi connectivity index (χ4n) is 3.44. The topological polar surface area (TPSA) is 42.7 Å². The first-order chi connectivity index (χ1) is 11.3. The Balaban J connectivity index is 1.47. The number of hydrogen-bond acceptors (Lipinski definition) is 5. The summed E-state index contributed by atoms with van der Waals surface area (Å²) in [5.41, 5.74) is 1.96. The highest BCUT2D eigenvalue weighted by Gasteiger charge is 2.22. The maximum Gasteiger partial charge on any atom is 0.0991 e. The second kappa shape index (κ2) is 7.78. The van der Waals surface area contributed by atoms with Gasteiger partial charge >= 0.3 is 0 Å². The summed E-state index contributed by atoms with van der Waals surface area (Å²) in [6.45, 7) is 11.7. The molecule has 0 aromatic heterocycles. The van der Waals surface area contributed by atoms with Crippen LogP contribution >= 0.6 is 0 Å². The minimum absolute atomic E-state index is 0.598. The summed E-state index contributed by atoms with van der Waals surface area (Å²) in [6.07, 6.45) is 0. The lowest BCUT2D eigenvalue weighted by Crippen LogP contribution is -2.52. The molecule has 0 saturated carbocycles. The highest BCUT2D eigenvalue weighted by atomic mass is 16.5. The van der Waals surface area contributed by atoms with Crippen molar-refractivity contribution in [3.05, 3.63) is 29.8 Å². The van der Waals surface area contributed by atoms with Crippen LogP contribution in [0.5, 0.6) is 0 Å². The number of rotatable bonds is 4. The Labute approximate surface area is 139 Å². The number of ether oxygens (including phenoxy) is 1. The van der Waals surface area contributed by atoms with Crippen LogP contribution in [0.2, 0.25) is 0 Å². The summed E-state index contributed by atoms with van der Waals surface area (Å²) >= 11 is 0. The molecule has 2 aliphatic heterocycles. The van der Waals surface area contributed by atoms with Crippen molar-refractivity contribution in [1.29, 1.82) is 5.26 Å². The number of hydrogen-bond donors (Lipinski definition) is 0. The highest BCUT2D eigenvalue weighted by molar-refractivity contribution is 5.50. The van der Waals surface area contributed by atoms with Crippen LogP contribution in [0, 0.1) is 11.3 Å². The zero-order chi connectivity index (χ0) is 16.1. The Bertz CT molecular complexity index is 525. The van der Waals surface area contributed by atoms with Gasteiger partial charge in [-0.25, -0.2) is 0 Å². The number of nitrogens with zero attached hydrogens (tertiary/aromatic N) is 4. The lowest BCUT2D eigenvalue weighted by atomic mass is 10.2. The van der Waals surface area contributed by atoms with Crippen LogP contribution in [0.3, 0.4) is 0 Å². The van der Waals surface area contributed by atoms with Crippen molar-refractivity contribution < 1.29 is 4.74 Å². The average molecular weight is 314 g/mol. The van der Waals surface area contributed by atoms with Gasteiger partial charge < -0.3 is 9.64 Å². The maximum absolute atomic E-state index is 8.88. The van der Waals surface area contributed by atoms with Crippen molar-refractivity contribution in [2.75, 3.05) is 63.9 Å². The monoisotopic (exact) mass is 314 g/mol. The predicted molar refractivity (Wildman–Crippen MR) is 91.7 cm³/mol. The molecular weight excluding hydrogens is 288 g/mol. The molecule has 0 radical (unpaired) electrons. The Morgan fingerprint density at radius 3 is 2.30 bits per heavy atom. The minimum atomic E-state index is 0.598. The molecule has 0 spiro atoms. The Morgan fingerprint density at radius 2 is 1.70 bits per heavy atom. The zero-order valence-corrected chi connectivity index (χ0v) is 13.9. The van der Waals surface area contributed by atoms with Gasteiger partial charge in [0.05, 0.1) is 24.8 Å². The quantitative estimate of drug-likeness (QED) is 0.840. The van der Waals surface area contributed by atoms with Crippen LogP contribution in [0.15, 0.2) is 24.3 Å². The van der Waals surface area contributed by atoms with E-state index in [1.54, 1.807) is 0 Å². The molecule has 1 atom stereocenters. The van der Waals surface area contributed by atoms with Gasteiger partial charge in [-0.15, -0.1) is 0 Å². The third-order valence-electron chi connectivity index (χ3n) is 4.93. The van der Waals surface area contributed by atoms with E-state index in [0.717, 1.165) is 64.6 Å². The molecule has 3 rings (SSSR count). The summed E-state index contributed by atoms with van der Waals surface area (Å²) < 4.78 is 5.44. The van der Waals surface area contributed by atoms with Crippen molar-refractivity contribution in [3.8, 4) is 6.07 Å². The Morgan fingerprint density at radius 1 is 1.04 bits per heavy atom. The minimum Gasteiger partial charge on any atom is -0.379 e. The van der Waals surface area contributed by atoms with Gasteiger partial charge in [-0.3, -0.25) is 9.80 Å². The molecule has 0 amide bonds. The molecule has 5 nitrogen and oxygen atoms in total. The summed E-state index contributed by atoms with van der Waals surface area (Å²) in [4.78, 5) is 7.52. The first-order valence-electron chi connectivity index (χ1n) is 8.55. The van der Waals surface area contributed by atoms with Gasteiger partial charge in [0.1, 0.15) is 0 Å². The maximum atomic E-state index is 8.88. The predicted octanol–water partition coefficient (Wildman–Crippen LogP) is 1.40. The van der Waals surface area contributed by atoms with Crippen LogP contribution < -0.4 is 4.90 Å². The number of anilines is 1. The molecular formula is C18H26N4O. The summed E-state index contributed by atoms with van der Waals surface area (Å²) in [6, 6.07) is 10.7. The van der Waals surface area contributed by atoms with E-state index in [1.807, 2.05) is 12.1 Å². The molecule has 124 valence electrons. The van der Waals surface area contributed by atoms with Crippen molar-refractivity contribution >= 4 is 5.69 Å². The van der Waals surface area contributed by atoms with Gasteiger partial charge in [0, 0.05) is 57.5 Å². The van der Waals surface area contributed by atoms with Gasteiger partial charge in [0.25, 0.3) is 0 Å². The molecule has 2 fully saturated rings. The molecule has 1 aromatic rings. The molecule has 23 heavy (non-hydrogen) atoms. The lowest BCUT2D eigenvalue weighted by molar-refractivity contribution is 0.0121. The van der Waals surface area contributed by atoms with E-state index in [-0.39, 0.29) is 0 Å². The number of piperazine rings is 1. The second-order valence-electron chi connectivity index (χ2n) is 6.44. The average Bonchev–Trinajstić information content (AvgIpc) is 2.63. The zero-order valence-electron chi connectivity index (χ0n) is 13.9. The van der Waals surface area contributed by atoms with Gasteiger partial charge in [-0.1, -0.05) is 0 Å². The fraction of sp³-hybridized carbons (Fsp3) is 0.611. The van der Waals surface area contributed by atoms with E-state index >= 15 is 0 Å². The molecule has 2 aliphatic rings. The molecule has 0 unspecified atom stereocenters. The smallest absolute Gasteiger partial charge is 0.0991 e. The largest absolute Gasteiger partial charge is 0.379 e. The molecule has 0 bridgehead atoms. The standard InChI is InChI=1S/C18H26N4O/c1-16(21-10-12-23-13-11-21)15-20-6-8-22(9-7-20)18-4-2-17(14-19)3-5-18/h2-5,16H,6-13,15H2,1H3/t16-/m0/s1. The van der Waals surface area contributed by atoms with Gasteiger partial charge in [0.15, 0.2) is 0 Å². The third kappa shape index (κ3) is 4.23. The van der Waals surface area contributed by atoms with E-state index in [1.165, 1.54) is 5.69 Å². The van der Waals surface area contributed by atoms with Gasteiger partial charge in [-0.05, 0) is 31.2 Å². The SMILES string of the molecule is C[C@@H](CN1CCN(c2ccc(C#N)cc2)CC1)N1CCOCC1. The van der Waals surface area contributed by atoms with E-state index in [2.05, 4.69) is 39.8 Å². The summed E-state index contributed by atoms with van der Waals surface area (Å²) in [5, 5.41) is 8.88. The molecule has 2 heterocycles. The molecule has 0 N–H and O–H groups in total. The van der Waals surface area contributed by atoms with Crippen molar-refractivity contribution in [1.82, 2.24) is 9.80 Å². The Hall–Kier alpha value is -1.61. The normalized spacial score (nSPS) is 21.8. The lowest BCUT2D eigenvalue weighted by Gasteiger charge is -2.40. The highest BCUT2D eigenvalue weighted by Crippen LogP contribution is 2.17. The molecule has 0 aliphatic carbocycles. The molecule has 5 heteroatoms. The number of nitriles is 1. The van der Waals surface area contributed by atoms with E-state index in [9.17, 15) is 0 Å². The van der Waals surface area contributed by atoms with Crippen molar-refractivity contribution in [3.63, 3.8) is 0 Å². The molecule has 2 saturated heterocycles. The van der Waals surface area contributed by atoms with Gasteiger partial charge in [-0.2, -0.15) is 5.26 Å². The second-order valence-corrected chi connectivity index (χ2v) is 6.44. The number of benzene rings is 1. The first kappa shape index (κ1) is 16.3. The summed E-state index contributed by atoms with van der Waals surface area (Å²) in [5.74, 6) is 0. The van der Waals surface area contributed by atoms with E-state index < -0.39 is 0 Å². The van der Waals surface area contributed by atoms with Crippen LogP contribution in [-0.2, 0) is 4.74 Å². The third-order valence-corrected chi connectivity index (χ3v) is 4.93. The van der Waals surface area contributed by atoms with E-state index in [4.69, 9.17) is 10.00 Å². The Kier molecular flexibility index (Phi) is 5.50. The molecule has 1 aromatic carbocycles. The van der Waals surface area contributed by atoms with E-state index in [0.29, 0.717) is 6.04 Å². The fourth-order valence-corrected chi connectivity index (χ4v) is 3.44. The van der Waals surface area contributed by atoms with Gasteiger partial charge in [0.2, 0.25) is 0 Å². The van der Waals surface area contributed by atoms with Crippen LogP contribution in [0.25, 0.3) is 0 Å². The van der Waals surface area contributed by atoms with Crippen molar-refractivity contribution in [2.24, 2.45) is 0 Å². The van der Waals surface area contributed by atoms with Crippen molar-refractivity contribution in [2.45, 2.75) is 13.0 Å². The first-order valence-corrected chi connectivity index (χ1v) is 8.55. The summed E-state index contributed by atoms with van der Waals surface area (Å²) in [7, 11) is 0. The van der Waals surface area contributed by atoms with Crippen LogP contribution in [-0.4, -0.2) is 74.9 Å². The van der Waals surface area contributed by atoms with Crippen LogP contribution in [0.1, 0.15) is 12.5 Å². The van der Waals surface area contributed by atoms with Crippen LogP contribution in [0.4, 0.5) is 5.69 Å². The number of morpholine rings is 1.